The fourth-order valence-electron chi connectivity index (χ4n) is 3.30. The number of fused-ring (bicyclic) bond motifs is 1. The highest BCUT2D eigenvalue weighted by atomic mass is 32.2. The molecule has 0 aliphatic rings. The van der Waals surface area contributed by atoms with E-state index in [9.17, 15) is 22.4 Å². The number of carbonyl (C=O) groups is 1. The summed E-state index contributed by atoms with van der Waals surface area (Å²) in [6.45, 7) is 0.166. The molecule has 0 atom stereocenters. The minimum Gasteiger partial charge on any atom is -0.422 e. The first-order valence-electron chi connectivity index (χ1n) is 10.5. The number of anilines is 1. The number of aromatic nitrogens is 1. The first kappa shape index (κ1) is 27.0. The quantitative estimate of drug-likeness (QED) is 0.425. The van der Waals surface area contributed by atoms with Crippen molar-refractivity contribution < 1.29 is 34.0 Å². The molecule has 0 fully saturated rings. The average molecular weight is 530 g/mol. The van der Waals surface area contributed by atoms with Crippen molar-refractivity contribution in [3.05, 3.63) is 63.1 Å². The molecular formula is C22H29F2N5O6S. The summed E-state index contributed by atoms with van der Waals surface area (Å²) in [5.74, 6) is -2.82. The number of carbonyl (C=O) groups excluding carboxylic acids is 1. The number of pyridine rings is 1. The predicted octanol–water partition coefficient (Wildman–Crippen LogP) is 2.55. The molecule has 0 saturated heterocycles. The Balaban J connectivity index is 0.00000361. The van der Waals surface area contributed by atoms with Gasteiger partial charge in [-0.1, -0.05) is 0 Å². The van der Waals surface area contributed by atoms with E-state index < -0.39 is 45.1 Å². The molecule has 0 radical (unpaired) electrons. The highest BCUT2D eigenvalue weighted by Gasteiger charge is 2.22. The van der Waals surface area contributed by atoms with E-state index in [0.717, 1.165) is 24.1 Å². The Labute approximate surface area is 208 Å². The van der Waals surface area contributed by atoms with Crippen LogP contribution < -0.4 is 19.8 Å². The van der Waals surface area contributed by atoms with Gasteiger partial charge in [-0.3, -0.25) is 4.72 Å². The molecule has 2 heterocycles. The maximum absolute atomic E-state index is 15.1. The summed E-state index contributed by atoms with van der Waals surface area (Å²) in [6.07, 6.45) is 0.0764. The van der Waals surface area contributed by atoms with Crippen LogP contribution in [0.2, 0.25) is 0 Å². The lowest BCUT2D eigenvalue weighted by Gasteiger charge is -2.17. The lowest BCUT2D eigenvalue weighted by atomic mass is 9.98. The first-order chi connectivity index (χ1) is 16.8. The molecule has 0 aliphatic heterocycles. The molecule has 14 heteroatoms. The van der Waals surface area contributed by atoms with E-state index in [0.29, 0.717) is 5.56 Å². The molecule has 0 spiro atoms. The van der Waals surface area contributed by atoms with Crippen molar-refractivity contribution in [1.29, 1.82) is 0 Å². The Hall–Kier alpha value is -3.62. The van der Waals surface area contributed by atoms with Gasteiger partial charge in [0.15, 0.2) is 23.2 Å². The van der Waals surface area contributed by atoms with Crippen LogP contribution in [0.1, 0.15) is 19.5 Å². The minimum absolute atomic E-state index is 0. The smallest absolute Gasteiger partial charge is 0.414 e. The topological polar surface area (TPSA) is 134 Å². The number of ether oxygens (including phenoxy) is 1. The fourth-order valence-corrected chi connectivity index (χ4v) is 3.80. The molecule has 0 aliphatic carbocycles. The molecular weight excluding hydrogens is 500 g/mol. The van der Waals surface area contributed by atoms with E-state index in [1.54, 1.807) is 19.0 Å². The summed E-state index contributed by atoms with van der Waals surface area (Å²) in [6, 6.07) is 3.47. The van der Waals surface area contributed by atoms with Crippen molar-refractivity contribution in [2.24, 2.45) is 0 Å². The Kier molecular flexibility index (Phi) is 7.91. The van der Waals surface area contributed by atoms with Gasteiger partial charge >= 0.3 is 11.7 Å². The van der Waals surface area contributed by atoms with Crippen molar-refractivity contribution in [2.45, 2.75) is 13.0 Å². The number of hydrogen-bond donors (Lipinski definition) is 2. The zero-order valence-electron chi connectivity index (χ0n) is 20.2. The van der Waals surface area contributed by atoms with Crippen LogP contribution in [0.4, 0.5) is 19.4 Å². The maximum atomic E-state index is 15.1. The summed E-state index contributed by atoms with van der Waals surface area (Å²) in [5, 5.41) is 0.228. The summed E-state index contributed by atoms with van der Waals surface area (Å²) in [7, 11) is 3.41. The lowest BCUT2D eigenvalue weighted by molar-refractivity contribution is 0.170. The van der Waals surface area contributed by atoms with Crippen LogP contribution >= 0.6 is 0 Å². The Bertz CT molecular complexity index is 1490. The number of rotatable bonds is 8. The molecule has 0 bridgehead atoms. The molecule has 1 aromatic carbocycles. The number of hydrogen-bond acceptors (Lipinski definition) is 8. The van der Waals surface area contributed by atoms with E-state index in [4.69, 9.17) is 9.15 Å². The summed E-state index contributed by atoms with van der Waals surface area (Å²) in [4.78, 5) is 31.4. The first-order valence-corrected chi connectivity index (χ1v) is 12.0. The second kappa shape index (κ2) is 10.6. The van der Waals surface area contributed by atoms with E-state index in [1.165, 1.54) is 26.4 Å². The van der Waals surface area contributed by atoms with Crippen LogP contribution in [-0.2, 0) is 23.2 Å². The zero-order valence-corrected chi connectivity index (χ0v) is 21.0. The predicted molar refractivity (Wildman–Crippen MR) is 132 cm³/mol. The number of nitrogens with zero attached hydrogens (tertiary/aromatic N) is 3. The fraction of sp³-hybridized carbons (Fsp3) is 0.318. The van der Waals surface area contributed by atoms with Crippen LogP contribution in [0.15, 0.2) is 33.6 Å². The van der Waals surface area contributed by atoms with Crippen molar-refractivity contribution in [1.82, 2.24) is 19.5 Å². The number of nitrogens with one attached hydrogen (secondary N) is 2. The van der Waals surface area contributed by atoms with Crippen molar-refractivity contribution >= 4 is 33.1 Å². The molecule has 3 aromatic rings. The minimum atomic E-state index is -4.04. The van der Waals surface area contributed by atoms with Gasteiger partial charge in [0, 0.05) is 60.2 Å². The van der Waals surface area contributed by atoms with Crippen LogP contribution in [0, 0.1) is 11.6 Å². The van der Waals surface area contributed by atoms with Crippen LogP contribution in [-0.4, -0.2) is 64.5 Å². The normalized spacial score (nSPS) is 11.7. The van der Waals surface area contributed by atoms with Gasteiger partial charge in [0.05, 0.1) is 0 Å². The molecule has 0 unspecified atom stereocenters. The molecule has 1 amide bonds. The third kappa shape index (κ3) is 5.95. The Morgan fingerprint density at radius 3 is 2.50 bits per heavy atom. The monoisotopic (exact) mass is 529 g/mol. The number of halogens is 2. The molecule has 3 rings (SSSR count). The molecule has 0 saturated carbocycles. The zero-order chi connectivity index (χ0) is 26.8. The van der Waals surface area contributed by atoms with E-state index in [-0.39, 0.29) is 37.9 Å². The van der Waals surface area contributed by atoms with Gasteiger partial charge in [-0.05, 0) is 37.4 Å². The largest absolute Gasteiger partial charge is 0.422 e. The van der Waals surface area contributed by atoms with E-state index >= 15 is 4.39 Å². The average Bonchev–Trinajstić information content (AvgIpc) is 2.79. The SMILES string of the molecule is CNS(=O)(=O)Nc1nccc(Cc2c(CN(C)C)c3cc(F)c(OC(=O)N(C)C)cc3oc2=O)c1F.[HH].[HH]. The van der Waals surface area contributed by atoms with E-state index in [2.05, 4.69) is 4.98 Å². The molecule has 2 N–H and O–H groups in total. The number of amides is 1. The van der Waals surface area contributed by atoms with Crippen molar-refractivity contribution in [3.8, 4) is 5.75 Å². The van der Waals surface area contributed by atoms with Gasteiger partial charge in [0.25, 0.3) is 10.2 Å². The highest BCUT2D eigenvalue weighted by molar-refractivity contribution is 7.90. The third-order valence-corrected chi connectivity index (χ3v) is 6.05. The van der Waals surface area contributed by atoms with Crippen LogP contribution in [0.25, 0.3) is 11.0 Å². The van der Waals surface area contributed by atoms with Gasteiger partial charge < -0.3 is 19.0 Å². The molecule has 198 valence electrons. The highest BCUT2D eigenvalue weighted by Crippen LogP contribution is 2.30. The Morgan fingerprint density at radius 2 is 1.89 bits per heavy atom. The molecule has 2 aromatic heterocycles. The Morgan fingerprint density at radius 1 is 1.19 bits per heavy atom. The summed E-state index contributed by atoms with van der Waals surface area (Å²) in [5.41, 5.74) is -0.474. The molecule has 11 nitrogen and oxygen atoms in total. The van der Waals surface area contributed by atoms with Gasteiger partial charge in [-0.15, -0.1) is 0 Å². The lowest BCUT2D eigenvalue weighted by Crippen LogP contribution is -2.27. The van der Waals surface area contributed by atoms with Crippen molar-refractivity contribution in [3.63, 3.8) is 0 Å². The summed E-state index contributed by atoms with van der Waals surface area (Å²) >= 11 is 0. The van der Waals surface area contributed by atoms with E-state index in [1.807, 2.05) is 9.44 Å². The molecule has 36 heavy (non-hydrogen) atoms. The van der Waals surface area contributed by atoms with Crippen LogP contribution in [0.3, 0.4) is 0 Å². The van der Waals surface area contributed by atoms with Gasteiger partial charge in [-0.2, -0.15) is 8.42 Å². The van der Waals surface area contributed by atoms with Gasteiger partial charge in [-0.25, -0.2) is 28.1 Å². The van der Waals surface area contributed by atoms with Gasteiger partial charge in [0.1, 0.15) is 5.58 Å². The second-order valence-corrected chi connectivity index (χ2v) is 9.86. The maximum Gasteiger partial charge on any atom is 0.414 e. The van der Waals surface area contributed by atoms with Crippen LogP contribution in [0.5, 0.6) is 5.75 Å². The van der Waals surface area contributed by atoms with Gasteiger partial charge in [0.2, 0.25) is 0 Å². The summed E-state index contributed by atoms with van der Waals surface area (Å²) < 4.78 is 67.8. The van der Waals surface area contributed by atoms with Crippen molar-refractivity contribution in [2.75, 3.05) is 40.0 Å². The number of benzene rings is 1. The second-order valence-electron chi connectivity index (χ2n) is 8.24. The third-order valence-electron chi connectivity index (χ3n) is 5.05. The standard InChI is InChI=1S/C22H25F2N5O6S.2H2/c1-25-36(32,33)27-20-19(24)12(6-7-26-20)8-14-15(11-28(2)3)13-9-16(23)18(35-22(31)29(4)5)10-17(13)34-21(14)30;;/h6-7,9-10,25H,8,11H2,1-5H3,(H,26,27);2*1H.